The van der Waals surface area contributed by atoms with E-state index < -0.39 is 0 Å². The van der Waals surface area contributed by atoms with Gasteiger partial charge in [-0.25, -0.2) is 4.68 Å². The van der Waals surface area contributed by atoms with Crippen molar-refractivity contribution in [3.05, 3.63) is 47.3 Å². The minimum Gasteiger partial charge on any atom is -0.337 e. The molecule has 118 valence electrons. The molecule has 0 unspecified atom stereocenters. The van der Waals surface area contributed by atoms with E-state index in [0.29, 0.717) is 12.1 Å². The summed E-state index contributed by atoms with van der Waals surface area (Å²) in [7, 11) is 0. The molecule has 2 N–H and O–H groups in total. The van der Waals surface area contributed by atoms with E-state index in [1.165, 1.54) is 0 Å². The van der Waals surface area contributed by atoms with Crippen LogP contribution in [-0.2, 0) is 0 Å². The lowest BCUT2D eigenvalue weighted by Gasteiger charge is -2.16. The van der Waals surface area contributed by atoms with Gasteiger partial charge in [0.1, 0.15) is 0 Å². The van der Waals surface area contributed by atoms with Gasteiger partial charge in [0.2, 0.25) is 0 Å². The van der Waals surface area contributed by atoms with E-state index in [4.69, 9.17) is 5.73 Å². The molecule has 1 atom stereocenters. The molecule has 1 fully saturated rings. The van der Waals surface area contributed by atoms with Crippen LogP contribution in [0.1, 0.15) is 28.2 Å². The Balaban J connectivity index is 0.00000176. The standard InChI is InChI=1S/C16H20N4O.ClH/c1-11-15(16(21)19-9-8-13(17)10-19)12(2)20(18-11)14-6-4-3-5-7-14;/h3-7,13H,8-10,17H2,1-2H3;1H/t13-;/m1./s1. The second-order valence-corrected chi connectivity index (χ2v) is 5.59. The van der Waals surface area contributed by atoms with Crippen molar-refractivity contribution in [3.63, 3.8) is 0 Å². The third-order valence-electron chi connectivity index (χ3n) is 4.02. The molecule has 0 saturated carbocycles. The maximum absolute atomic E-state index is 12.7. The average molecular weight is 321 g/mol. The highest BCUT2D eigenvalue weighted by molar-refractivity contribution is 5.96. The Bertz CT molecular complexity index is 668. The molecular weight excluding hydrogens is 300 g/mol. The topological polar surface area (TPSA) is 64.2 Å². The van der Waals surface area contributed by atoms with Gasteiger partial charge in [0.05, 0.1) is 22.6 Å². The molecule has 1 amide bonds. The van der Waals surface area contributed by atoms with Gasteiger partial charge in [-0.2, -0.15) is 5.10 Å². The highest BCUT2D eigenvalue weighted by Gasteiger charge is 2.28. The number of carbonyl (C=O) groups is 1. The maximum Gasteiger partial charge on any atom is 0.257 e. The lowest BCUT2D eigenvalue weighted by Crippen LogP contribution is -2.32. The zero-order chi connectivity index (χ0) is 15.0. The molecule has 1 aromatic carbocycles. The van der Waals surface area contributed by atoms with Crippen LogP contribution >= 0.6 is 12.4 Å². The first-order chi connectivity index (χ1) is 10.1. The average Bonchev–Trinajstić information content (AvgIpc) is 3.03. The zero-order valence-corrected chi connectivity index (χ0v) is 13.6. The number of benzene rings is 1. The largest absolute Gasteiger partial charge is 0.337 e. The summed E-state index contributed by atoms with van der Waals surface area (Å²) in [4.78, 5) is 14.5. The smallest absolute Gasteiger partial charge is 0.257 e. The lowest BCUT2D eigenvalue weighted by atomic mass is 10.1. The lowest BCUT2D eigenvalue weighted by molar-refractivity contribution is 0.0789. The number of likely N-dealkylation sites (tertiary alicyclic amines) is 1. The summed E-state index contributed by atoms with van der Waals surface area (Å²) in [6.07, 6.45) is 0.872. The first-order valence-electron chi connectivity index (χ1n) is 7.24. The van der Waals surface area contributed by atoms with E-state index in [2.05, 4.69) is 5.10 Å². The Morgan fingerprint density at radius 1 is 1.27 bits per heavy atom. The molecule has 0 radical (unpaired) electrons. The van der Waals surface area contributed by atoms with Crippen molar-refractivity contribution in [2.24, 2.45) is 5.73 Å². The molecule has 0 bridgehead atoms. The van der Waals surface area contributed by atoms with Gasteiger partial charge in [-0.1, -0.05) is 18.2 Å². The van der Waals surface area contributed by atoms with E-state index in [1.807, 2.05) is 53.8 Å². The highest BCUT2D eigenvalue weighted by Crippen LogP contribution is 2.21. The molecule has 3 rings (SSSR count). The number of hydrogen-bond acceptors (Lipinski definition) is 3. The number of halogens is 1. The Labute approximate surface area is 136 Å². The van der Waals surface area contributed by atoms with Crippen molar-refractivity contribution in [2.75, 3.05) is 13.1 Å². The molecule has 1 aliphatic rings. The van der Waals surface area contributed by atoms with E-state index in [9.17, 15) is 4.79 Å². The van der Waals surface area contributed by atoms with Gasteiger partial charge in [-0.05, 0) is 32.4 Å². The number of nitrogens with two attached hydrogens (primary N) is 1. The molecule has 1 aromatic heterocycles. The van der Waals surface area contributed by atoms with Crippen molar-refractivity contribution in [2.45, 2.75) is 26.3 Å². The van der Waals surface area contributed by atoms with E-state index in [1.54, 1.807) is 0 Å². The summed E-state index contributed by atoms with van der Waals surface area (Å²) in [6, 6.07) is 9.96. The number of para-hydroxylation sites is 1. The van der Waals surface area contributed by atoms with Crippen molar-refractivity contribution in [1.82, 2.24) is 14.7 Å². The number of aromatic nitrogens is 2. The van der Waals surface area contributed by atoms with Crippen LogP contribution in [0.25, 0.3) is 5.69 Å². The van der Waals surface area contributed by atoms with Crippen LogP contribution in [0.3, 0.4) is 0 Å². The SMILES string of the molecule is Cc1nn(-c2ccccc2)c(C)c1C(=O)N1CC[C@@H](N)C1.Cl. The van der Waals surface area contributed by atoms with Crippen LogP contribution in [0.2, 0.25) is 0 Å². The Morgan fingerprint density at radius 2 is 1.95 bits per heavy atom. The van der Waals surface area contributed by atoms with E-state index in [-0.39, 0.29) is 24.4 Å². The molecule has 2 aromatic rings. The summed E-state index contributed by atoms with van der Waals surface area (Å²) in [6.45, 7) is 5.19. The number of nitrogens with zero attached hydrogens (tertiary/aromatic N) is 3. The molecule has 2 heterocycles. The minimum absolute atomic E-state index is 0. The number of rotatable bonds is 2. The summed E-state index contributed by atoms with van der Waals surface area (Å²) in [5.41, 5.74) is 9.21. The van der Waals surface area contributed by atoms with Gasteiger partial charge in [-0.15, -0.1) is 12.4 Å². The molecule has 0 aliphatic carbocycles. The molecular formula is C16H21ClN4O. The van der Waals surface area contributed by atoms with Crippen LogP contribution in [0.15, 0.2) is 30.3 Å². The monoisotopic (exact) mass is 320 g/mol. The summed E-state index contributed by atoms with van der Waals surface area (Å²) in [5, 5.41) is 4.53. The van der Waals surface area contributed by atoms with Gasteiger partial charge < -0.3 is 10.6 Å². The summed E-state index contributed by atoms with van der Waals surface area (Å²) < 4.78 is 1.83. The maximum atomic E-state index is 12.7. The number of aryl methyl sites for hydroxylation is 1. The van der Waals surface area contributed by atoms with Crippen LogP contribution in [0.4, 0.5) is 0 Å². The van der Waals surface area contributed by atoms with Crippen LogP contribution in [-0.4, -0.2) is 39.7 Å². The Kier molecular flexibility index (Phi) is 4.88. The molecule has 1 aliphatic heterocycles. The van der Waals surface area contributed by atoms with Crippen LogP contribution in [0.5, 0.6) is 0 Å². The van der Waals surface area contributed by atoms with Crippen LogP contribution < -0.4 is 5.73 Å². The Hall–Kier alpha value is -1.85. The highest BCUT2D eigenvalue weighted by atomic mass is 35.5. The number of carbonyl (C=O) groups excluding carboxylic acids is 1. The molecule has 1 saturated heterocycles. The van der Waals surface area contributed by atoms with E-state index in [0.717, 1.165) is 30.0 Å². The molecule has 22 heavy (non-hydrogen) atoms. The predicted molar refractivity (Wildman–Crippen MR) is 88.8 cm³/mol. The molecule has 6 heteroatoms. The number of amides is 1. The summed E-state index contributed by atoms with van der Waals surface area (Å²) in [5.74, 6) is 0.0418. The van der Waals surface area contributed by atoms with Crippen molar-refractivity contribution in [3.8, 4) is 5.69 Å². The zero-order valence-electron chi connectivity index (χ0n) is 12.8. The quantitative estimate of drug-likeness (QED) is 0.921. The first kappa shape index (κ1) is 16.5. The third kappa shape index (κ3) is 2.87. The van der Waals surface area contributed by atoms with Gasteiger partial charge in [0, 0.05) is 19.1 Å². The Morgan fingerprint density at radius 3 is 2.55 bits per heavy atom. The fourth-order valence-corrected chi connectivity index (χ4v) is 2.90. The first-order valence-corrected chi connectivity index (χ1v) is 7.24. The van der Waals surface area contributed by atoms with Gasteiger partial charge in [0.25, 0.3) is 5.91 Å². The second-order valence-electron chi connectivity index (χ2n) is 5.59. The minimum atomic E-state index is 0. The van der Waals surface area contributed by atoms with Gasteiger partial charge in [-0.3, -0.25) is 4.79 Å². The van der Waals surface area contributed by atoms with Gasteiger partial charge in [0.15, 0.2) is 0 Å². The van der Waals surface area contributed by atoms with E-state index >= 15 is 0 Å². The predicted octanol–water partition coefficient (Wildman–Crippen LogP) is 2.08. The van der Waals surface area contributed by atoms with Crippen molar-refractivity contribution in [1.29, 1.82) is 0 Å². The summed E-state index contributed by atoms with van der Waals surface area (Å²) >= 11 is 0. The molecule has 0 spiro atoms. The second kappa shape index (κ2) is 6.50. The number of hydrogen-bond donors (Lipinski definition) is 1. The van der Waals surface area contributed by atoms with Gasteiger partial charge >= 0.3 is 0 Å². The fraction of sp³-hybridized carbons (Fsp3) is 0.375. The van der Waals surface area contributed by atoms with Crippen molar-refractivity contribution >= 4 is 18.3 Å². The third-order valence-corrected chi connectivity index (χ3v) is 4.02. The normalized spacial score (nSPS) is 17.4. The van der Waals surface area contributed by atoms with Crippen molar-refractivity contribution < 1.29 is 4.79 Å². The fourth-order valence-electron chi connectivity index (χ4n) is 2.90. The van der Waals surface area contributed by atoms with Crippen LogP contribution in [0, 0.1) is 13.8 Å². The molecule has 5 nitrogen and oxygen atoms in total.